The number of benzene rings is 2. The van der Waals surface area contributed by atoms with Gasteiger partial charge in [-0.25, -0.2) is 4.98 Å². The maximum Gasteiger partial charge on any atom is 0.252 e. The minimum Gasteiger partial charge on any atom is -0.380 e. The second-order valence-corrected chi connectivity index (χ2v) is 7.38. The van der Waals surface area contributed by atoms with Crippen molar-refractivity contribution in [2.24, 2.45) is 0 Å². The zero-order valence-electron chi connectivity index (χ0n) is 14.5. The summed E-state index contributed by atoms with van der Waals surface area (Å²) in [4.78, 5) is 18.0. The molecule has 0 unspecified atom stereocenters. The Balaban J connectivity index is 1.66. The third-order valence-electron chi connectivity index (χ3n) is 3.85. The minimum absolute atomic E-state index is 0.0707. The number of methoxy groups -OCH3 is 1. The number of nitrogens with zero attached hydrogens (tertiary/aromatic N) is 1. The van der Waals surface area contributed by atoms with Gasteiger partial charge in [-0.15, -0.1) is 23.1 Å². The van der Waals surface area contributed by atoms with Crippen LogP contribution in [0.2, 0.25) is 0 Å². The van der Waals surface area contributed by atoms with Gasteiger partial charge >= 0.3 is 0 Å². The van der Waals surface area contributed by atoms with Gasteiger partial charge in [-0.05, 0) is 23.3 Å². The maximum atomic E-state index is 12.7. The van der Waals surface area contributed by atoms with E-state index in [4.69, 9.17) is 4.74 Å². The number of rotatable bonds is 8. The van der Waals surface area contributed by atoms with Crippen molar-refractivity contribution in [2.75, 3.05) is 7.11 Å². The molecule has 6 heteroatoms. The van der Waals surface area contributed by atoms with Gasteiger partial charge in [-0.2, -0.15) is 0 Å². The Kier molecular flexibility index (Phi) is 6.82. The highest BCUT2D eigenvalue weighted by Gasteiger charge is 2.12. The summed E-state index contributed by atoms with van der Waals surface area (Å²) >= 11 is 3.21. The number of thiazole rings is 1. The van der Waals surface area contributed by atoms with Crippen LogP contribution in [0.5, 0.6) is 0 Å². The van der Waals surface area contributed by atoms with Crippen LogP contribution < -0.4 is 5.32 Å². The fourth-order valence-electron chi connectivity index (χ4n) is 2.54. The van der Waals surface area contributed by atoms with Gasteiger partial charge in [0, 0.05) is 29.7 Å². The Hall–Kier alpha value is -2.15. The lowest BCUT2D eigenvalue weighted by molar-refractivity contribution is 0.0947. The monoisotopic (exact) mass is 384 g/mol. The Labute approximate surface area is 161 Å². The van der Waals surface area contributed by atoms with Gasteiger partial charge in [-0.3, -0.25) is 4.79 Å². The lowest BCUT2D eigenvalue weighted by Crippen LogP contribution is -2.24. The summed E-state index contributed by atoms with van der Waals surface area (Å²) in [5.74, 6) is 0.684. The van der Waals surface area contributed by atoms with Crippen molar-refractivity contribution in [3.05, 3.63) is 81.8 Å². The van der Waals surface area contributed by atoms with Crippen LogP contribution in [0.1, 0.15) is 27.2 Å². The predicted molar refractivity (Wildman–Crippen MR) is 106 cm³/mol. The second kappa shape index (κ2) is 9.52. The Bertz CT molecular complexity index is 851. The number of hydrogen-bond donors (Lipinski definition) is 1. The van der Waals surface area contributed by atoms with Crippen LogP contribution in [-0.4, -0.2) is 18.0 Å². The fourth-order valence-corrected chi connectivity index (χ4v) is 4.15. The van der Waals surface area contributed by atoms with E-state index in [1.165, 1.54) is 0 Å². The zero-order chi connectivity index (χ0) is 18.2. The van der Waals surface area contributed by atoms with E-state index >= 15 is 0 Å². The highest BCUT2D eigenvalue weighted by molar-refractivity contribution is 7.98. The quantitative estimate of drug-likeness (QED) is 0.581. The molecule has 0 radical (unpaired) electrons. The standard InChI is InChI=1S/C20H20N2O2S2/c1-24-11-16-7-3-2-6-15(16)10-21-20(23)18-8-4-5-9-19(18)26-13-17-12-25-14-22-17/h2-9,12,14H,10-11,13H2,1H3,(H,21,23). The number of carbonyl (C=O) groups excluding carboxylic acids is 1. The van der Waals surface area contributed by atoms with E-state index in [1.807, 2.05) is 59.4 Å². The molecule has 3 aromatic rings. The molecule has 134 valence electrons. The molecule has 0 bridgehead atoms. The number of ether oxygens (including phenoxy) is 1. The molecular formula is C20H20N2O2S2. The molecule has 1 N–H and O–H groups in total. The van der Waals surface area contributed by atoms with Gasteiger partial charge in [0.1, 0.15) is 0 Å². The van der Waals surface area contributed by atoms with Crippen molar-refractivity contribution in [1.29, 1.82) is 0 Å². The predicted octanol–water partition coefficient (Wildman–Crippen LogP) is 4.51. The molecule has 0 aliphatic rings. The summed E-state index contributed by atoms with van der Waals surface area (Å²) in [6.07, 6.45) is 0. The normalized spacial score (nSPS) is 10.7. The Morgan fingerprint density at radius 1 is 1.15 bits per heavy atom. The number of carbonyl (C=O) groups is 1. The summed E-state index contributed by atoms with van der Waals surface area (Å²) in [5, 5.41) is 5.06. The lowest BCUT2D eigenvalue weighted by Gasteiger charge is -2.12. The van der Waals surface area contributed by atoms with E-state index in [1.54, 1.807) is 30.2 Å². The largest absolute Gasteiger partial charge is 0.380 e. The van der Waals surface area contributed by atoms with Gasteiger partial charge in [0.05, 0.1) is 23.4 Å². The molecular weight excluding hydrogens is 364 g/mol. The molecule has 0 saturated heterocycles. The van der Waals surface area contributed by atoms with E-state index in [2.05, 4.69) is 10.3 Å². The molecule has 1 aromatic heterocycles. The van der Waals surface area contributed by atoms with Gasteiger partial charge in [0.15, 0.2) is 0 Å². The van der Waals surface area contributed by atoms with Gasteiger partial charge in [0.25, 0.3) is 5.91 Å². The molecule has 2 aromatic carbocycles. The van der Waals surface area contributed by atoms with Gasteiger partial charge < -0.3 is 10.1 Å². The average Bonchev–Trinajstić information content (AvgIpc) is 3.19. The van der Waals surface area contributed by atoms with Crippen LogP contribution in [0.15, 0.2) is 64.3 Å². The molecule has 0 saturated carbocycles. The molecule has 1 amide bonds. The smallest absolute Gasteiger partial charge is 0.252 e. The van der Waals surface area contributed by atoms with Crippen LogP contribution in [0.3, 0.4) is 0 Å². The summed E-state index contributed by atoms with van der Waals surface area (Å²) < 4.78 is 5.23. The zero-order valence-corrected chi connectivity index (χ0v) is 16.1. The summed E-state index contributed by atoms with van der Waals surface area (Å²) in [6.45, 7) is 1.01. The van der Waals surface area contributed by atoms with Crippen LogP contribution in [0, 0.1) is 0 Å². The van der Waals surface area contributed by atoms with Crippen LogP contribution in [0.4, 0.5) is 0 Å². The maximum absolute atomic E-state index is 12.7. The number of nitrogens with one attached hydrogen (secondary N) is 1. The fraction of sp³-hybridized carbons (Fsp3) is 0.200. The van der Waals surface area contributed by atoms with Crippen LogP contribution >= 0.6 is 23.1 Å². The third kappa shape index (κ3) is 4.94. The lowest BCUT2D eigenvalue weighted by atomic mass is 10.1. The molecule has 0 aliphatic carbocycles. The highest BCUT2D eigenvalue weighted by atomic mass is 32.2. The first-order valence-electron chi connectivity index (χ1n) is 8.20. The first kappa shape index (κ1) is 18.6. The molecule has 0 spiro atoms. The van der Waals surface area contributed by atoms with Crippen molar-refractivity contribution in [2.45, 2.75) is 23.8 Å². The summed E-state index contributed by atoms with van der Waals surface area (Å²) in [6, 6.07) is 15.7. The van der Waals surface area contributed by atoms with Gasteiger partial charge in [-0.1, -0.05) is 36.4 Å². The van der Waals surface area contributed by atoms with Crippen molar-refractivity contribution < 1.29 is 9.53 Å². The minimum atomic E-state index is -0.0707. The summed E-state index contributed by atoms with van der Waals surface area (Å²) in [5.41, 5.74) is 5.70. The highest BCUT2D eigenvalue weighted by Crippen LogP contribution is 2.26. The molecule has 26 heavy (non-hydrogen) atoms. The SMILES string of the molecule is COCc1ccccc1CNC(=O)c1ccccc1SCc1cscn1. The van der Waals surface area contributed by atoms with Crippen LogP contribution in [0.25, 0.3) is 0 Å². The Morgan fingerprint density at radius 3 is 2.69 bits per heavy atom. The van der Waals surface area contributed by atoms with E-state index in [0.717, 1.165) is 27.5 Å². The summed E-state index contributed by atoms with van der Waals surface area (Å²) in [7, 11) is 1.67. The van der Waals surface area contributed by atoms with E-state index in [9.17, 15) is 4.79 Å². The first-order chi connectivity index (χ1) is 12.8. The number of thioether (sulfide) groups is 1. The molecule has 4 nitrogen and oxygen atoms in total. The molecule has 1 heterocycles. The number of amides is 1. The van der Waals surface area contributed by atoms with Crippen molar-refractivity contribution in [3.8, 4) is 0 Å². The Morgan fingerprint density at radius 2 is 1.92 bits per heavy atom. The number of aromatic nitrogens is 1. The molecule has 0 aliphatic heterocycles. The molecule has 3 rings (SSSR count). The van der Waals surface area contributed by atoms with Crippen molar-refractivity contribution in [3.63, 3.8) is 0 Å². The first-order valence-corrected chi connectivity index (χ1v) is 10.1. The molecule has 0 fully saturated rings. The third-order valence-corrected chi connectivity index (χ3v) is 5.59. The molecule has 0 atom stereocenters. The van der Waals surface area contributed by atoms with Crippen LogP contribution in [-0.2, 0) is 23.6 Å². The van der Waals surface area contributed by atoms with E-state index in [-0.39, 0.29) is 5.91 Å². The topological polar surface area (TPSA) is 51.2 Å². The van der Waals surface area contributed by atoms with Gasteiger partial charge in [0.2, 0.25) is 0 Å². The number of hydrogen-bond acceptors (Lipinski definition) is 5. The van der Waals surface area contributed by atoms with E-state index < -0.39 is 0 Å². The van der Waals surface area contributed by atoms with Crippen molar-refractivity contribution in [1.82, 2.24) is 10.3 Å². The van der Waals surface area contributed by atoms with E-state index in [0.29, 0.717) is 18.7 Å². The average molecular weight is 385 g/mol. The second-order valence-electron chi connectivity index (χ2n) is 5.65. The van der Waals surface area contributed by atoms with Crippen molar-refractivity contribution >= 4 is 29.0 Å².